The van der Waals surface area contributed by atoms with E-state index in [1.165, 1.54) is 4.31 Å². The van der Waals surface area contributed by atoms with E-state index in [9.17, 15) is 13.2 Å². The molecule has 1 aliphatic heterocycles. The first kappa shape index (κ1) is 21.3. The van der Waals surface area contributed by atoms with Crippen LogP contribution in [0.25, 0.3) is 0 Å². The van der Waals surface area contributed by atoms with Gasteiger partial charge in [0.05, 0.1) is 12.4 Å². The average Bonchev–Trinajstić information content (AvgIpc) is 2.73. The molecule has 0 unspecified atom stereocenters. The molecule has 0 radical (unpaired) electrons. The number of benzene rings is 1. The van der Waals surface area contributed by atoms with Crippen LogP contribution in [0.4, 0.5) is 0 Å². The van der Waals surface area contributed by atoms with Gasteiger partial charge in [0.2, 0.25) is 21.8 Å². The first-order valence-corrected chi connectivity index (χ1v) is 11.5. The van der Waals surface area contributed by atoms with Gasteiger partial charge in [0.25, 0.3) is 0 Å². The number of sulfonamides is 1. The Hall–Kier alpha value is -2.45. The molecule has 1 aromatic carbocycles. The second-order valence-corrected chi connectivity index (χ2v) is 9.04. The number of rotatable bonds is 8. The van der Waals surface area contributed by atoms with Crippen LogP contribution in [-0.4, -0.2) is 43.3 Å². The number of carbonyl (C=O) groups excluding carboxylic acids is 1. The molecule has 1 amide bonds. The van der Waals surface area contributed by atoms with Crippen LogP contribution in [0, 0.1) is 5.92 Å². The summed E-state index contributed by atoms with van der Waals surface area (Å²) in [5.74, 6) is 0.317. The molecule has 0 saturated carbocycles. The fourth-order valence-corrected chi connectivity index (χ4v) is 4.96. The van der Waals surface area contributed by atoms with Crippen LogP contribution in [0.5, 0.6) is 5.88 Å². The standard InChI is InChI=1S/C21H27N3O4S/c1-2-28-20-14-18(8-11-22-20)15-23-21(25)19-9-12-24(13-10-19)29(26,27)16-17-6-4-3-5-7-17/h3-8,11,14,19H,2,9-10,12-13,15-16H2,1H3,(H,23,25). The third-order valence-corrected chi connectivity index (χ3v) is 6.82. The van der Waals surface area contributed by atoms with Crippen molar-refractivity contribution in [3.05, 3.63) is 59.8 Å². The summed E-state index contributed by atoms with van der Waals surface area (Å²) in [6.45, 7) is 3.57. The van der Waals surface area contributed by atoms with Gasteiger partial charge in [-0.2, -0.15) is 0 Å². The van der Waals surface area contributed by atoms with E-state index >= 15 is 0 Å². The summed E-state index contributed by atoms with van der Waals surface area (Å²) in [5.41, 5.74) is 1.69. The number of ether oxygens (including phenoxy) is 1. The van der Waals surface area contributed by atoms with Crippen LogP contribution < -0.4 is 10.1 Å². The highest BCUT2D eigenvalue weighted by Gasteiger charge is 2.31. The Balaban J connectivity index is 1.48. The zero-order valence-corrected chi connectivity index (χ0v) is 17.4. The van der Waals surface area contributed by atoms with Crippen molar-refractivity contribution in [1.82, 2.24) is 14.6 Å². The van der Waals surface area contributed by atoms with Crippen LogP contribution in [0.2, 0.25) is 0 Å². The Morgan fingerprint density at radius 1 is 1.17 bits per heavy atom. The molecule has 0 aliphatic carbocycles. The number of carbonyl (C=O) groups is 1. The predicted octanol–water partition coefficient (Wildman–Crippen LogP) is 2.34. The van der Waals surface area contributed by atoms with E-state index < -0.39 is 10.0 Å². The minimum atomic E-state index is -3.37. The Kier molecular flexibility index (Phi) is 7.22. The molecule has 0 bridgehead atoms. The largest absolute Gasteiger partial charge is 0.478 e. The summed E-state index contributed by atoms with van der Waals surface area (Å²) < 4.78 is 32.1. The van der Waals surface area contributed by atoms with E-state index in [0.717, 1.165) is 11.1 Å². The second-order valence-electron chi connectivity index (χ2n) is 7.07. The first-order valence-electron chi connectivity index (χ1n) is 9.85. The highest BCUT2D eigenvalue weighted by molar-refractivity contribution is 7.88. The molecule has 0 atom stereocenters. The number of piperidine rings is 1. The van der Waals surface area contributed by atoms with Gasteiger partial charge in [-0.25, -0.2) is 17.7 Å². The number of aromatic nitrogens is 1. The lowest BCUT2D eigenvalue weighted by atomic mass is 9.97. The zero-order valence-electron chi connectivity index (χ0n) is 16.6. The number of amides is 1. The molecule has 1 fully saturated rings. The molecule has 0 spiro atoms. The summed E-state index contributed by atoms with van der Waals surface area (Å²) in [6, 6.07) is 12.8. The SMILES string of the molecule is CCOc1cc(CNC(=O)C2CCN(S(=O)(=O)Cc3ccccc3)CC2)ccn1. The number of hydrogen-bond donors (Lipinski definition) is 1. The van der Waals surface area contributed by atoms with E-state index in [2.05, 4.69) is 10.3 Å². The second kappa shape index (κ2) is 9.84. The summed E-state index contributed by atoms with van der Waals surface area (Å²) >= 11 is 0. The molecule has 29 heavy (non-hydrogen) atoms. The smallest absolute Gasteiger partial charge is 0.223 e. The van der Waals surface area contributed by atoms with Crippen molar-refractivity contribution in [3.63, 3.8) is 0 Å². The lowest BCUT2D eigenvalue weighted by Gasteiger charge is -2.30. The monoisotopic (exact) mass is 417 g/mol. The molecular formula is C21H27N3O4S. The minimum Gasteiger partial charge on any atom is -0.478 e. The van der Waals surface area contributed by atoms with Gasteiger partial charge in [0.15, 0.2) is 0 Å². The van der Waals surface area contributed by atoms with Crippen LogP contribution in [0.1, 0.15) is 30.9 Å². The van der Waals surface area contributed by atoms with Gasteiger partial charge in [0.1, 0.15) is 0 Å². The van der Waals surface area contributed by atoms with Crippen molar-refractivity contribution >= 4 is 15.9 Å². The minimum absolute atomic E-state index is 0.00505. The van der Waals surface area contributed by atoms with E-state index in [-0.39, 0.29) is 17.6 Å². The summed E-state index contributed by atoms with van der Waals surface area (Å²) in [6.07, 6.45) is 2.71. The van der Waals surface area contributed by atoms with Gasteiger partial charge < -0.3 is 10.1 Å². The molecule has 2 aromatic rings. The molecule has 1 aromatic heterocycles. The van der Waals surface area contributed by atoms with E-state index in [0.29, 0.717) is 45.0 Å². The first-order chi connectivity index (χ1) is 14.0. The third-order valence-electron chi connectivity index (χ3n) is 4.97. The molecule has 8 heteroatoms. The molecule has 1 N–H and O–H groups in total. The van der Waals surface area contributed by atoms with Crippen molar-refractivity contribution in [2.75, 3.05) is 19.7 Å². The molecule has 1 aliphatic rings. The normalized spacial score (nSPS) is 15.8. The van der Waals surface area contributed by atoms with Crippen molar-refractivity contribution in [3.8, 4) is 5.88 Å². The quantitative estimate of drug-likeness (QED) is 0.712. The maximum absolute atomic E-state index is 12.6. The summed E-state index contributed by atoms with van der Waals surface area (Å²) in [7, 11) is -3.37. The zero-order chi connectivity index (χ0) is 20.7. The van der Waals surface area contributed by atoms with Crippen molar-refractivity contribution < 1.29 is 17.9 Å². The molecule has 3 rings (SSSR count). The molecule has 1 saturated heterocycles. The predicted molar refractivity (Wildman–Crippen MR) is 111 cm³/mol. The molecule has 7 nitrogen and oxygen atoms in total. The number of nitrogens with zero attached hydrogens (tertiary/aromatic N) is 2. The number of nitrogens with one attached hydrogen (secondary N) is 1. The van der Waals surface area contributed by atoms with Crippen LogP contribution in [0.3, 0.4) is 0 Å². The lowest BCUT2D eigenvalue weighted by molar-refractivity contribution is -0.126. The van der Waals surface area contributed by atoms with Crippen LogP contribution in [0.15, 0.2) is 48.7 Å². The van der Waals surface area contributed by atoms with Crippen molar-refractivity contribution in [1.29, 1.82) is 0 Å². The average molecular weight is 418 g/mol. The van der Waals surface area contributed by atoms with Crippen molar-refractivity contribution in [2.24, 2.45) is 5.92 Å². The Labute approximate surface area is 172 Å². The Bertz CT molecular complexity index is 911. The topological polar surface area (TPSA) is 88.6 Å². The third kappa shape index (κ3) is 6.01. The highest BCUT2D eigenvalue weighted by Crippen LogP contribution is 2.22. The highest BCUT2D eigenvalue weighted by atomic mass is 32.2. The summed E-state index contributed by atoms with van der Waals surface area (Å²) in [4.78, 5) is 16.6. The van der Waals surface area contributed by atoms with E-state index in [1.807, 2.05) is 49.4 Å². The van der Waals surface area contributed by atoms with Gasteiger partial charge in [-0.05, 0) is 37.0 Å². The summed E-state index contributed by atoms with van der Waals surface area (Å²) in [5, 5.41) is 2.94. The van der Waals surface area contributed by atoms with E-state index in [4.69, 9.17) is 4.74 Å². The molecule has 2 heterocycles. The molecular weight excluding hydrogens is 390 g/mol. The van der Waals surface area contributed by atoms with Gasteiger partial charge in [-0.15, -0.1) is 0 Å². The fourth-order valence-electron chi connectivity index (χ4n) is 3.39. The van der Waals surface area contributed by atoms with Crippen LogP contribution >= 0.6 is 0 Å². The van der Waals surface area contributed by atoms with Crippen LogP contribution in [-0.2, 0) is 27.1 Å². The van der Waals surface area contributed by atoms with Gasteiger partial charge >= 0.3 is 0 Å². The number of hydrogen-bond acceptors (Lipinski definition) is 5. The lowest BCUT2D eigenvalue weighted by Crippen LogP contribution is -2.43. The Morgan fingerprint density at radius 2 is 1.90 bits per heavy atom. The maximum atomic E-state index is 12.6. The van der Waals surface area contributed by atoms with Gasteiger partial charge in [-0.3, -0.25) is 4.79 Å². The van der Waals surface area contributed by atoms with Gasteiger partial charge in [0, 0.05) is 37.8 Å². The van der Waals surface area contributed by atoms with E-state index in [1.54, 1.807) is 6.20 Å². The number of pyridine rings is 1. The van der Waals surface area contributed by atoms with Gasteiger partial charge in [-0.1, -0.05) is 30.3 Å². The Morgan fingerprint density at radius 3 is 2.59 bits per heavy atom. The maximum Gasteiger partial charge on any atom is 0.223 e. The van der Waals surface area contributed by atoms with Crippen molar-refractivity contribution in [2.45, 2.75) is 32.1 Å². The molecule has 156 valence electrons. The fraction of sp³-hybridized carbons (Fsp3) is 0.429.